The first-order valence-corrected chi connectivity index (χ1v) is 10.3. The van der Waals surface area contributed by atoms with Crippen LogP contribution >= 0.6 is 0 Å². The Balaban J connectivity index is 5.50. The first-order chi connectivity index (χ1) is 14.7. The van der Waals surface area contributed by atoms with Gasteiger partial charge in [0, 0.05) is 16.2 Å². The highest BCUT2D eigenvalue weighted by atomic mass is 16.5. The molecule has 31 heavy (non-hydrogen) atoms. The van der Waals surface area contributed by atoms with Crippen LogP contribution in [-0.2, 0) is 28.6 Å². The van der Waals surface area contributed by atoms with E-state index in [0.29, 0.717) is 12.8 Å². The Morgan fingerprint density at radius 1 is 0.903 bits per heavy atom. The van der Waals surface area contributed by atoms with Gasteiger partial charge in [0.2, 0.25) is 0 Å². The molecule has 0 bridgehead atoms. The Morgan fingerprint density at radius 2 is 1.52 bits per heavy atom. The van der Waals surface area contributed by atoms with Crippen LogP contribution in [0, 0.1) is 11.8 Å². The van der Waals surface area contributed by atoms with E-state index >= 15 is 0 Å². The normalized spacial score (nSPS) is 13.4. The quantitative estimate of drug-likeness (QED) is 0.0918. The fourth-order valence-corrected chi connectivity index (χ4v) is 2.49. The summed E-state index contributed by atoms with van der Waals surface area (Å²) in [7, 11) is 0. The maximum Gasteiger partial charge on any atom is 0.308 e. The van der Waals surface area contributed by atoms with Gasteiger partial charge >= 0.3 is 17.9 Å². The molecule has 0 saturated heterocycles. The second-order valence-corrected chi connectivity index (χ2v) is 7.43. The third-order valence-electron chi connectivity index (χ3n) is 4.19. The standard InChI is InChI=1S/C19H32N6O6/c1-6-29-16(26)10-8-7-9-15(31-19(28)13(4)5)17(23-25-21)14(22-24-20)11-30-18(27)12(2)3/h12-15,17H,6-11H2,1-5H3. The Bertz CT molecular complexity index is 685. The van der Waals surface area contributed by atoms with Crippen molar-refractivity contribution in [3.8, 4) is 0 Å². The second kappa shape index (κ2) is 15.8. The molecular formula is C19H32N6O6. The van der Waals surface area contributed by atoms with Gasteiger partial charge in [-0.05, 0) is 37.2 Å². The molecule has 0 heterocycles. The minimum Gasteiger partial charge on any atom is -0.466 e. The van der Waals surface area contributed by atoms with E-state index < -0.39 is 42.0 Å². The molecule has 0 amide bonds. The van der Waals surface area contributed by atoms with E-state index in [1.807, 2.05) is 0 Å². The van der Waals surface area contributed by atoms with Gasteiger partial charge in [0.15, 0.2) is 0 Å². The minimum atomic E-state index is -1.09. The molecule has 12 heteroatoms. The van der Waals surface area contributed by atoms with Crippen molar-refractivity contribution < 1.29 is 28.6 Å². The number of hydrogen-bond donors (Lipinski definition) is 0. The summed E-state index contributed by atoms with van der Waals surface area (Å²) in [4.78, 5) is 41.1. The van der Waals surface area contributed by atoms with Crippen molar-refractivity contribution in [2.45, 2.75) is 78.5 Å². The number of nitrogens with zero attached hydrogens (tertiary/aromatic N) is 6. The van der Waals surface area contributed by atoms with Gasteiger partial charge in [-0.25, -0.2) is 0 Å². The molecule has 3 unspecified atom stereocenters. The summed E-state index contributed by atoms with van der Waals surface area (Å²) in [5, 5.41) is 7.28. The summed E-state index contributed by atoms with van der Waals surface area (Å²) in [6, 6.07) is -2.16. The highest BCUT2D eigenvalue weighted by Gasteiger charge is 2.33. The van der Waals surface area contributed by atoms with Gasteiger partial charge in [-0.15, -0.1) is 0 Å². The van der Waals surface area contributed by atoms with Crippen molar-refractivity contribution in [2.24, 2.45) is 22.1 Å². The van der Waals surface area contributed by atoms with Crippen LogP contribution in [0.25, 0.3) is 20.9 Å². The molecular weight excluding hydrogens is 408 g/mol. The smallest absolute Gasteiger partial charge is 0.308 e. The maximum absolute atomic E-state index is 12.2. The molecule has 0 spiro atoms. The monoisotopic (exact) mass is 440 g/mol. The summed E-state index contributed by atoms with van der Waals surface area (Å²) in [5.41, 5.74) is 18.0. The lowest BCUT2D eigenvalue weighted by atomic mass is 9.98. The number of hydrogen-bond acceptors (Lipinski definition) is 8. The predicted octanol–water partition coefficient (Wildman–Crippen LogP) is 4.23. The molecule has 3 atom stereocenters. The van der Waals surface area contributed by atoms with E-state index in [1.54, 1.807) is 34.6 Å². The summed E-state index contributed by atoms with van der Waals surface area (Å²) >= 11 is 0. The lowest BCUT2D eigenvalue weighted by Crippen LogP contribution is -2.41. The van der Waals surface area contributed by atoms with Gasteiger partial charge in [-0.3, -0.25) is 14.4 Å². The van der Waals surface area contributed by atoms with Crippen LogP contribution in [-0.4, -0.2) is 49.3 Å². The number of rotatable bonds is 15. The molecule has 0 aromatic heterocycles. The van der Waals surface area contributed by atoms with Crippen molar-refractivity contribution in [1.29, 1.82) is 0 Å². The fraction of sp³-hybridized carbons (Fsp3) is 0.842. The number of carbonyl (C=O) groups excluding carboxylic acids is 3. The fourth-order valence-electron chi connectivity index (χ4n) is 2.49. The summed E-state index contributed by atoms with van der Waals surface area (Å²) in [6.07, 6.45) is 0.433. The molecule has 12 nitrogen and oxygen atoms in total. The van der Waals surface area contributed by atoms with Gasteiger partial charge in [0.25, 0.3) is 0 Å². The van der Waals surface area contributed by atoms with E-state index in [0.717, 1.165) is 0 Å². The number of esters is 3. The molecule has 0 aliphatic heterocycles. The zero-order valence-corrected chi connectivity index (χ0v) is 18.8. The minimum absolute atomic E-state index is 0.191. The number of ether oxygens (including phenoxy) is 3. The first kappa shape index (κ1) is 28.0. The van der Waals surface area contributed by atoms with Crippen LogP contribution in [0.5, 0.6) is 0 Å². The summed E-state index contributed by atoms with van der Waals surface area (Å²) in [6.45, 7) is 8.26. The molecule has 0 radical (unpaired) electrons. The van der Waals surface area contributed by atoms with Crippen molar-refractivity contribution >= 4 is 17.9 Å². The molecule has 0 aromatic rings. The molecule has 0 N–H and O–H groups in total. The highest BCUT2D eigenvalue weighted by Crippen LogP contribution is 2.21. The molecule has 174 valence electrons. The highest BCUT2D eigenvalue weighted by molar-refractivity contribution is 5.72. The molecule has 0 aromatic carbocycles. The number of carbonyl (C=O) groups is 3. The van der Waals surface area contributed by atoms with Crippen molar-refractivity contribution in [3.63, 3.8) is 0 Å². The van der Waals surface area contributed by atoms with Gasteiger partial charge in [0.1, 0.15) is 12.7 Å². The molecule has 0 aliphatic rings. The van der Waals surface area contributed by atoms with E-state index in [4.69, 9.17) is 25.3 Å². The van der Waals surface area contributed by atoms with Crippen LogP contribution in [0.15, 0.2) is 10.2 Å². The van der Waals surface area contributed by atoms with Crippen molar-refractivity contribution in [1.82, 2.24) is 0 Å². The van der Waals surface area contributed by atoms with Gasteiger partial charge < -0.3 is 14.2 Å². The average molecular weight is 441 g/mol. The van der Waals surface area contributed by atoms with Gasteiger partial charge in [-0.2, -0.15) is 0 Å². The van der Waals surface area contributed by atoms with Crippen LogP contribution in [0.1, 0.15) is 60.3 Å². The summed E-state index contributed by atoms with van der Waals surface area (Å²) < 4.78 is 15.5. The van der Waals surface area contributed by atoms with Crippen LogP contribution in [0.2, 0.25) is 0 Å². The number of azide groups is 2. The van der Waals surface area contributed by atoms with Gasteiger partial charge in [0.05, 0.1) is 30.5 Å². The zero-order valence-electron chi connectivity index (χ0n) is 18.8. The third kappa shape index (κ3) is 11.7. The van der Waals surface area contributed by atoms with Crippen LogP contribution in [0.3, 0.4) is 0 Å². The first-order valence-electron chi connectivity index (χ1n) is 10.3. The van der Waals surface area contributed by atoms with E-state index in [-0.39, 0.29) is 32.0 Å². The topological polar surface area (TPSA) is 176 Å². The number of unbranched alkanes of at least 4 members (excludes halogenated alkanes) is 1. The lowest BCUT2D eigenvalue weighted by molar-refractivity contribution is -0.156. The second-order valence-electron chi connectivity index (χ2n) is 7.43. The molecule has 0 aliphatic carbocycles. The summed E-state index contributed by atoms with van der Waals surface area (Å²) in [5.74, 6) is -2.21. The van der Waals surface area contributed by atoms with E-state index in [1.165, 1.54) is 0 Å². The van der Waals surface area contributed by atoms with Crippen LogP contribution in [0.4, 0.5) is 0 Å². The molecule has 0 saturated carbocycles. The molecule has 0 rings (SSSR count). The lowest BCUT2D eigenvalue weighted by Gasteiger charge is -2.28. The Hall–Kier alpha value is -2.97. The average Bonchev–Trinajstić information content (AvgIpc) is 2.71. The Labute approximate surface area is 181 Å². The van der Waals surface area contributed by atoms with Crippen molar-refractivity contribution in [2.75, 3.05) is 13.2 Å². The van der Waals surface area contributed by atoms with Crippen LogP contribution < -0.4 is 0 Å². The Morgan fingerprint density at radius 3 is 2.03 bits per heavy atom. The van der Waals surface area contributed by atoms with Gasteiger partial charge in [-0.1, -0.05) is 37.9 Å². The van der Waals surface area contributed by atoms with Crippen molar-refractivity contribution in [3.05, 3.63) is 20.9 Å². The maximum atomic E-state index is 12.2. The Kier molecular flexibility index (Phi) is 14.3. The van der Waals surface area contributed by atoms with E-state index in [9.17, 15) is 14.4 Å². The largest absolute Gasteiger partial charge is 0.466 e. The van der Waals surface area contributed by atoms with E-state index in [2.05, 4.69) is 20.1 Å². The SMILES string of the molecule is CCOC(=O)CCCCC(OC(=O)C(C)C)C(N=[N+]=[N-])C(COC(=O)C(C)C)N=[N+]=[N-]. The molecule has 0 fully saturated rings. The predicted molar refractivity (Wildman–Crippen MR) is 111 cm³/mol. The third-order valence-corrected chi connectivity index (χ3v) is 4.19. The zero-order chi connectivity index (χ0) is 23.8.